The largest absolute Gasteiger partial charge is 0.339 e. The standard InChI is InChI=1S/C36H43N5O3/c1-2-34(42)38-20-22-40(23-21-38)35(43)29-14-9-17-41(26-29)31-15-18-39(19-16-31)36(44)30-24-32(27-10-5-3-6-11-27)37-33(25-30)28-12-7-4-8-13-28/h3-8,10-13,24-25,29,31H,2,9,14-23,26H2,1H3/t29-/m1/s1. The van der Waals surface area contributed by atoms with Crippen LogP contribution >= 0.6 is 0 Å². The van der Waals surface area contributed by atoms with Crippen LogP contribution in [0.4, 0.5) is 0 Å². The highest BCUT2D eigenvalue weighted by Gasteiger charge is 2.35. The van der Waals surface area contributed by atoms with Crippen molar-refractivity contribution in [3.05, 3.63) is 78.4 Å². The Hall–Kier alpha value is -4.04. The van der Waals surface area contributed by atoms with Crippen LogP contribution in [0.3, 0.4) is 0 Å². The number of pyridine rings is 1. The van der Waals surface area contributed by atoms with Crippen LogP contribution in [0.25, 0.3) is 22.5 Å². The summed E-state index contributed by atoms with van der Waals surface area (Å²) in [6.45, 7) is 7.63. The van der Waals surface area contributed by atoms with E-state index in [9.17, 15) is 14.4 Å². The number of benzene rings is 2. The van der Waals surface area contributed by atoms with Crippen molar-refractivity contribution in [2.45, 2.75) is 45.1 Å². The highest BCUT2D eigenvalue weighted by Crippen LogP contribution is 2.29. The van der Waals surface area contributed by atoms with E-state index in [1.54, 1.807) is 0 Å². The lowest BCUT2D eigenvalue weighted by atomic mass is 9.92. The van der Waals surface area contributed by atoms with Crippen LogP contribution in [0.2, 0.25) is 0 Å². The Bertz CT molecular complexity index is 1390. The van der Waals surface area contributed by atoms with Gasteiger partial charge in [-0.3, -0.25) is 19.3 Å². The summed E-state index contributed by atoms with van der Waals surface area (Å²) < 4.78 is 0. The van der Waals surface area contributed by atoms with E-state index in [1.807, 2.05) is 94.4 Å². The van der Waals surface area contributed by atoms with Gasteiger partial charge in [0.2, 0.25) is 11.8 Å². The first-order valence-electron chi connectivity index (χ1n) is 16.2. The molecule has 0 bridgehead atoms. The summed E-state index contributed by atoms with van der Waals surface area (Å²) in [5.41, 5.74) is 4.24. The third-order valence-corrected chi connectivity index (χ3v) is 9.53. The maximum atomic E-state index is 13.9. The molecule has 0 aliphatic carbocycles. The highest BCUT2D eigenvalue weighted by atomic mass is 16.2. The fourth-order valence-corrected chi connectivity index (χ4v) is 6.98. The van der Waals surface area contributed by atoms with Crippen LogP contribution in [0.5, 0.6) is 0 Å². The molecule has 3 saturated heterocycles. The number of piperidine rings is 2. The van der Waals surface area contributed by atoms with Gasteiger partial charge < -0.3 is 14.7 Å². The van der Waals surface area contributed by atoms with Crippen molar-refractivity contribution in [1.82, 2.24) is 24.6 Å². The van der Waals surface area contributed by atoms with Crippen LogP contribution in [0.1, 0.15) is 49.4 Å². The molecule has 3 amide bonds. The molecule has 0 N–H and O–H groups in total. The fourth-order valence-electron chi connectivity index (χ4n) is 6.98. The third-order valence-electron chi connectivity index (χ3n) is 9.53. The van der Waals surface area contributed by atoms with Gasteiger partial charge in [0.05, 0.1) is 17.3 Å². The van der Waals surface area contributed by atoms with Gasteiger partial charge >= 0.3 is 0 Å². The molecule has 3 fully saturated rings. The number of amides is 3. The van der Waals surface area contributed by atoms with Gasteiger partial charge in [0.15, 0.2) is 0 Å². The van der Waals surface area contributed by atoms with Crippen molar-refractivity contribution in [1.29, 1.82) is 0 Å². The molecule has 44 heavy (non-hydrogen) atoms. The molecule has 2 aromatic carbocycles. The molecule has 0 radical (unpaired) electrons. The van der Waals surface area contributed by atoms with Crippen molar-refractivity contribution in [2.75, 3.05) is 52.4 Å². The molecule has 6 rings (SSSR count). The number of carbonyl (C=O) groups is 3. The predicted octanol–water partition coefficient (Wildman–Crippen LogP) is 4.81. The Labute approximate surface area is 260 Å². The molecule has 230 valence electrons. The normalized spacial score (nSPS) is 20.0. The Kier molecular flexibility index (Phi) is 9.36. The molecule has 1 aromatic heterocycles. The molecular formula is C36H43N5O3. The predicted molar refractivity (Wildman–Crippen MR) is 172 cm³/mol. The van der Waals surface area contributed by atoms with Gasteiger partial charge in [0, 0.05) is 75.0 Å². The first-order chi connectivity index (χ1) is 21.5. The Morgan fingerprint density at radius 1 is 0.705 bits per heavy atom. The van der Waals surface area contributed by atoms with E-state index in [1.165, 1.54) is 0 Å². The molecule has 8 nitrogen and oxygen atoms in total. The number of likely N-dealkylation sites (tertiary alicyclic amines) is 2. The molecule has 0 spiro atoms. The van der Waals surface area contributed by atoms with Gasteiger partial charge in [-0.25, -0.2) is 4.98 Å². The van der Waals surface area contributed by atoms with Crippen molar-refractivity contribution < 1.29 is 14.4 Å². The number of rotatable bonds is 6. The van der Waals surface area contributed by atoms with Crippen molar-refractivity contribution >= 4 is 17.7 Å². The lowest BCUT2D eigenvalue weighted by molar-refractivity contribution is -0.143. The van der Waals surface area contributed by atoms with Crippen LogP contribution in [0.15, 0.2) is 72.8 Å². The van der Waals surface area contributed by atoms with Gasteiger partial charge in [-0.15, -0.1) is 0 Å². The molecule has 1 atom stereocenters. The van der Waals surface area contributed by atoms with Gasteiger partial charge in [-0.2, -0.15) is 0 Å². The zero-order valence-corrected chi connectivity index (χ0v) is 25.7. The Morgan fingerprint density at radius 3 is 1.84 bits per heavy atom. The quantitative estimate of drug-likeness (QED) is 0.410. The second-order valence-corrected chi connectivity index (χ2v) is 12.3. The van der Waals surface area contributed by atoms with Gasteiger partial charge in [0.1, 0.15) is 0 Å². The second-order valence-electron chi connectivity index (χ2n) is 12.3. The minimum Gasteiger partial charge on any atom is -0.339 e. The van der Waals surface area contributed by atoms with Gasteiger partial charge in [-0.05, 0) is 44.4 Å². The third kappa shape index (κ3) is 6.70. The number of hydrogen-bond acceptors (Lipinski definition) is 5. The van der Waals surface area contributed by atoms with E-state index >= 15 is 0 Å². The van der Waals surface area contributed by atoms with Crippen molar-refractivity contribution in [2.24, 2.45) is 5.92 Å². The highest BCUT2D eigenvalue weighted by molar-refractivity contribution is 5.96. The van der Waals surface area contributed by atoms with Crippen molar-refractivity contribution in [3.8, 4) is 22.5 Å². The van der Waals surface area contributed by atoms with Gasteiger partial charge in [-0.1, -0.05) is 67.6 Å². The van der Waals surface area contributed by atoms with E-state index in [4.69, 9.17) is 4.98 Å². The monoisotopic (exact) mass is 593 g/mol. The molecule has 3 aliphatic rings. The lowest BCUT2D eigenvalue weighted by Gasteiger charge is -2.43. The Morgan fingerprint density at radius 2 is 1.27 bits per heavy atom. The maximum Gasteiger partial charge on any atom is 0.254 e. The maximum absolute atomic E-state index is 13.9. The molecule has 8 heteroatoms. The topological polar surface area (TPSA) is 77.1 Å². The van der Waals surface area contributed by atoms with Gasteiger partial charge in [0.25, 0.3) is 5.91 Å². The molecule has 0 saturated carbocycles. The summed E-state index contributed by atoms with van der Waals surface area (Å²) in [4.78, 5) is 52.6. The molecule has 3 aliphatic heterocycles. The van der Waals surface area contributed by atoms with Crippen LogP contribution in [-0.2, 0) is 9.59 Å². The smallest absolute Gasteiger partial charge is 0.254 e. The molecule has 3 aromatic rings. The van der Waals surface area contributed by atoms with E-state index in [2.05, 4.69) is 4.90 Å². The average Bonchev–Trinajstić information content (AvgIpc) is 3.11. The average molecular weight is 594 g/mol. The summed E-state index contributed by atoms with van der Waals surface area (Å²) in [6.07, 6.45) is 4.28. The first-order valence-corrected chi connectivity index (χ1v) is 16.2. The zero-order valence-electron chi connectivity index (χ0n) is 25.7. The number of nitrogens with zero attached hydrogens (tertiary/aromatic N) is 5. The summed E-state index contributed by atoms with van der Waals surface area (Å²) in [5.74, 6) is 0.476. The first kappa shape index (κ1) is 30.0. The SMILES string of the molecule is CCC(=O)N1CCN(C(=O)[C@@H]2CCCN(C3CCN(C(=O)c4cc(-c5ccccc5)nc(-c5ccccc5)c4)CC3)C2)CC1. The van der Waals surface area contributed by atoms with E-state index in [-0.39, 0.29) is 23.6 Å². The minimum atomic E-state index is 0.0153. The van der Waals surface area contributed by atoms with Crippen LogP contribution in [0, 0.1) is 5.92 Å². The van der Waals surface area contributed by atoms with Crippen LogP contribution < -0.4 is 0 Å². The van der Waals surface area contributed by atoms with E-state index in [0.29, 0.717) is 57.3 Å². The molecule has 0 unspecified atom stereocenters. The number of hydrogen-bond donors (Lipinski definition) is 0. The molecular weight excluding hydrogens is 550 g/mol. The minimum absolute atomic E-state index is 0.0153. The zero-order chi connectivity index (χ0) is 30.5. The summed E-state index contributed by atoms with van der Waals surface area (Å²) in [7, 11) is 0. The van der Waals surface area contributed by atoms with E-state index in [0.717, 1.165) is 61.3 Å². The fraction of sp³-hybridized carbons (Fsp3) is 0.444. The molecule has 4 heterocycles. The second kappa shape index (κ2) is 13.7. The number of piperazine rings is 1. The summed E-state index contributed by atoms with van der Waals surface area (Å²) in [6, 6.07) is 24.3. The number of aromatic nitrogens is 1. The van der Waals surface area contributed by atoms with Crippen molar-refractivity contribution in [3.63, 3.8) is 0 Å². The van der Waals surface area contributed by atoms with E-state index < -0.39 is 0 Å². The summed E-state index contributed by atoms with van der Waals surface area (Å²) in [5, 5.41) is 0. The number of carbonyl (C=O) groups excluding carboxylic acids is 3. The Balaban J connectivity index is 1.08. The van der Waals surface area contributed by atoms with Crippen LogP contribution in [-0.4, -0.2) is 101 Å². The lowest BCUT2D eigenvalue weighted by Crippen LogP contribution is -2.55. The summed E-state index contributed by atoms with van der Waals surface area (Å²) >= 11 is 0.